The molecule has 1 aromatic rings. The number of benzene rings is 1. The Morgan fingerprint density at radius 1 is 1.50 bits per heavy atom. The molecule has 0 spiro atoms. The minimum Gasteiger partial charge on any atom is -0.508 e. The minimum atomic E-state index is 0.319. The number of nitrogens with zero attached hydrogens (tertiary/aromatic N) is 1. The largest absolute Gasteiger partial charge is 0.508 e. The van der Waals surface area contributed by atoms with Gasteiger partial charge >= 0.3 is 0 Å². The van der Waals surface area contributed by atoms with E-state index in [1.165, 1.54) is 12.8 Å². The van der Waals surface area contributed by atoms with E-state index in [1.807, 2.05) is 12.1 Å². The average molecular weight is 249 g/mol. The molecule has 1 heterocycles. The summed E-state index contributed by atoms with van der Waals surface area (Å²) >= 11 is 0. The summed E-state index contributed by atoms with van der Waals surface area (Å²) in [4.78, 5) is 2.34. The Morgan fingerprint density at radius 3 is 3.00 bits per heavy atom. The lowest BCUT2D eigenvalue weighted by molar-refractivity contribution is 0.0372. The molecule has 18 heavy (non-hydrogen) atoms. The van der Waals surface area contributed by atoms with Gasteiger partial charge in [-0.25, -0.2) is 0 Å². The average Bonchev–Trinajstić information content (AvgIpc) is 2.39. The fraction of sp³-hybridized carbons (Fsp3) is 0.600. The van der Waals surface area contributed by atoms with Crippen molar-refractivity contribution in [2.24, 2.45) is 5.92 Å². The molecular formula is C15H23NO2. The van der Waals surface area contributed by atoms with E-state index in [9.17, 15) is 5.11 Å². The van der Waals surface area contributed by atoms with Crippen LogP contribution in [0.1, 0.15) is 31.4 Å². The molecule has 2 unspecified atom stereocenters. The van der Waals surface area contributed by atoms with Crippen LogP contribution < -0.4 is 0 Å². The van der Waals surface area contributed by atoms with Crippen molar-refractivity contribution in [1.29, 1.82) is 0 Å². The van der Waals surface area contributed by atoms with Crippen molar-refractivity contribution in [3.8, 4) is 5.75 Å². The smallest absolute Gasteiger partial charge is 0.115 e. The Labute approximate surface area is 109 Å². The third-order valence-electron chi connectivity index (χ3n) is 3.81. The van der Waals surface area contributed by atoms with Gasteiger partial charge in [0, 0.05) is 19.2 Å². The molecular weight excluding hydrogens is 226 g/mol. The first-order valence-electron chi connectivity index (χ1n) is 6.73. The number of ether oxygens (including phenoxy) is 1. The van der Waals surface area contributed by atoms with Gasteiger partial charge in [0.25, 0.3) is 0 Å². The molecule has 3 heteroatoms. The second kappa shape index (κ2) is 6.21. The summed E-state index contributed by atoms with van der Waals surface area (Å²) in [5.74, 6) is 0.984. The fourth-order valence-electron chi connectivity index (χ4n) is 2.56. The second-order valence-corrected chi connectivity index (χ2v) is 5.29. The van der Waals surface area contributed by atoms with Crippen molar-refractivity contribution in [2.45, 2.75) is 25.8 Å². The van der Waals surface area contributed by atoms with Crippen molar-refractivity contribution in [3.63, 3.8) is 0 Å². The van der Waals surface area contributed by atoms with Gasteiger partial charge in [0.15, 0.2) is 0 Å². The molecule has 1 saturated heterocycles. The summed E-state index contributed by atoms with van der Waals surface area (Å²) in [6, 6.07) is 7.85. The van der Waals surface area contributed by atoms with Crippen LogP contribution in [0, 0.1) is 5.92 Å². The number of phenolic OH excluding ortho intramolecular Hbond substituents is 1. The highest BCUT2D eigenvalue weighted by molar-refractivity contribution is 5.29. The Kier molecular flexibility index (Phi) is 4.61. The third-order valence-corrected chi connectivity index (χ3v) is 3.81. The van der Waals surface area contributed by atoms with Gasteiger partial charge in [0.05, 0.1) is 6.61 Å². The maximum absolute atomic E-state index is 9.53. The van der Waals surface area contributed by atoms with Gasteiger partial charge in [-0.2, -0.15) is 0 Å². The summed E-state index contributed by atoms with van der Waals surface area (Å²) in [5, 5.41) is 9.53. The second-order valence-electron chi connectivity index (χ2n) is 5.29. The highest BCUT2D eigenvalue weighted by Gasteiger charge is 2.19. The van der Waals surface area contributed by atoms with Crippen LogP contribution in [0.2, 0.25) is 0 Å². The fourth-order valence-corrected chi connectivity index (χ4v) is 2.56. The van der Waals surface area contributed by atoms with Crippen molar-refractivity contribution < 1.29 is 9.84 Å². The van der Waals surface area contributed by atoms with E-state index >= 15 is 0 Å². The summed E-state index contributed by atoms with van der Waals surface area (Å²) in [7, 11) is 2.14. The summed E-state index contributed by atoms with van der Waals surface area (Å²) in [6.07, 6.45) is 2.44. The molecule has 1 aliphatic rings. The lowest BCUT2D eigenvalue weighted by Crippen LogP contribution is -2.32. The first kappa shape index (κ1) is 13.4. The molecule has 3 nitrogen and oxygen atoms in total. The molecule has 0 aliphatic carbocycles. The molecule has 1 aromatic carbocycles. The van der Waals surface area contributed by atoms with Gasteiger partial charge < -0.3 is 9.84 Å². The zero-order valence-corrected chi connectivity index (χ0v) is 11.3. The number of rotatable bonds is 4. The van der Waals surface area contributed by atoms with Gasteiger partial charge in [-0.1, -0.05) is 12.1 Å². The molecule has 0 saturated carbocycles. The van der Waals surface area contributed by atoms with E-state index < -0.39 is 0 Å². The third kappa shape index (κ3) is 3.47. The maximum Gasteiger partial charge on any atom is 0.115 e. The molecule has 1 fully saturated rings. The van der Waals surface area contributed by atoms with Gasteiger partial charge in [-0.05, 0) is 50.4 Å². The van der Waals surface area contributed by atoms with E-state index in [0.29, 0.717) is 17.7 Å². The van der Waals surface area contributed by atoms with E-state index in [1.54, 1.807) is 6.07 Å². The summed E-state index contributed by atoms with van der Waals surface area (Å²) in [6.45, 7) is 5.04. The zero-order valence-electron chi connectivity index (χ0n) is 11.3. The predicted molar refractivity (Wildman–Crippen MR) is 72.7 cm³/mol. The highest BCUT2D eigenvalue weighted by Crippen LogP contribution is 2.24. The van der Waals surface area contributed by atoms with Crippen LogP contribution in [-0.2, 0) is 4.74 Å². The van der Waals surface area contributed by atoms with Gasteiger partial charge in [-0.3, -0.25) is 4.90 Å². The van der Waals surface area contributed by atoms with Gasteiger partial charge in [0.2, 0.25) is 0 Å². The molecule has 100 valence electrons. The molecule has 0 aromatic heterocycles. The van der Waals surface area contributed by atoms with Crippen molar-refractivity contribution >= 4 is 0 Å². The standard InChI is InChI=1S/C15H23NO2/c1-12(14-6-3-7-15(17)9-14)16(2)10-13-5-4-8-18-11-13/h3,6-7,9,12-13,17H,4-5,8,10-11H2,1-2H3. The molecule has 1 aliphatic heterocycles. The minimum absolute atomic E-state index is 0.319. The molecule has 0 bridgehead atoms. The van der Waals surface area contributed by atoms with Crippen molar-refractivity contribution in [3.05, 3.63) is 29.8 Å². The lowest BCUT2D eigenvalue weighted by atomic mass is 10.00. The predicted octanol–water partition coefficient (Wildman–Crippen LogP) is 2.81. The van der Waals surface area contributed by atoms with Crippen LogP contribution in [0.5, 0.6) is 5.75 Å². The Balaban J connectivity index is 1.93. The zero-order chi connectivity index (χ0) is 13.0. The number of phenols is 1. The topological polar surface area (TPSA) is 32.7 Å². The normalized spacial score (nSPS) is 22.1. The molecule has 0 radical (unpaired) electrons. The summed E-state index contributed by atoms with van der Waals surface area (Å²) < 4.78 is 5.52. The van der Waals surface area contributed by atoms with Crippen LogP contribution in [0.15, 0.2) is 24.3 Å². The Hall–Kier alpha value is -1.06. The van der Waals surface area contributed by atoms with Crippen molar-refractivity contribution in [1.82, 2.24) is 4.90 Å². The highest BCUT2D eigenvalue weighted by atomic mass is 16.5. The number of aromatic hydroxyl groups is 1. The molecule has 1 N–H and O–H groups in total. The SMILES string of the molecule is CC(c1cccc(O)c1)N(C)CC1CCCOC1. The van der Waals surface area contributed by atoms with Crippen LogP contribution in [0.3, 0.4) is 0 Å². The van der Waals surface area contributed by atoms with E-state index in [2.05, 4.69) is 24.9 Å². The molecule has 2 atom stereocenters. The molecule has 2 rings (SSSR count). The van der Waals surface area contributed by atoms with Gasteiger partial charge in [-0.15, -0.1) is 0 Å². The first-order valence-corrected chi connectivity index (χ1v) is 6.73. The van der Waals surface area contributed by atoms with Crippen LogP contribution >= 0.6 is 0 Å². The number of hydrogen-bond donors (Lipinski definition) is 1. The first-order chi connectivity index (χ1) is 8.66. The lowest BCUT2D eigenvalue weighted by Gasteiger charge is -2.31. The van der Waals surface area contributed by atoms with E-state index in [4.69, 9.17) is 4.74 Å². The van der Waals surface area contributed by atoms with E-state index in [-0.39, 0.29) is 0 Å². The van der Waals surface area contributed by atoms with Crippen LogP contribution in [0.4, 0.5) is 0 Å². The quantitative estimate of drug-likeness (QED) is 0.890. The van der Waals surface area contributed by atoms with Crippen molar-refractivity contribution in [2.75, 3.05) is 26.8 Å². The van der Waals surface area contributed by atoms with Crippen LogP contribution in [0.25, 0.3) is 0 Å². The number of hydrogen-bond acceptors (Lipinski definition) is 3. The van der Waals surface area contributed by atoms with Crippen LogP contribution in [-0.4, -0.2) is 36.8 Å². The maximum atomic E-state index is 9.53. The van der Waals surface area contributed by atoms with Gasteiger partial charge in [0.1, 0.15) is 5.75 Å². The summed E-state index contributed by atoms with van der Waals surface area (Å²) in [5.41, 5.74) is 1.16. The van der Waals surface area contributed by atoms with E-state index in [0.717, 1.165) is 25.3 Å². The Bertz CT molecular complexity index is 375. The monoisotopic (exact) mass is 249 g/mol. The Morgan fingerprint density at radius 2 is 2.33 bits per heavy atom. The molecule has 0 amide bonds.